The van der Waals surface area contributed by atoms with Crippen molar-refractivity contribution in [2.24, 2.45) is 0 Å². The molecule has 0 radical (unpaired) electrons. The van der Waals surface area contributed by atoms with Crippen LogP contribution in [0.5, 0.6) is 11.5 Å². The topological polar surface area (TPSA) is 56.5 Å². The Morgan fingerprint density at radius 2 is 2.20 bits per heavy atom. The third kappa shape index (κ3) is 3.51. The van der Waals surface area contributed by atoms with E-state index in [0.717, 1.165) is 35.8 Å². The van der Waals surface area contributed by atoms with Crippen LogP contribution < -0.4 is 14.8 Å². The summed E-state index contributed by atoms with van der Waals surface area (Å²) in [6.45, 7) is 5.92. The molecule has 0 fully saturated rings. The molecule has 0 saturated heterocycles. The SMILES string of the molecule is CCNCc1cccc(OC)c1OCc1cc(C)no1. The summed E-state index contributed by atoms with van der Waals surface area (Å²) in [5, 5.41) is 7.13. The van der Waals surface area contributed by atoms with Gasteiger partial charge in [0.25, 0.3) is 0 Å². The van der Waals surface area contributed by atoms with Crippen LogP contribution in [0.15, 0.2) is 28.8 Å². The fourth-order valence-corrected chi connectivity index (χ4v) is 1.91. The Morgan fingerprint density at radius 3 is 2.85 bits per heavy atom. The van der Waals surface area contributed by atoms with Gasteiger partial charge in [-0.1, -0.05) is 24.2 Å². The molecule has 0 aliphatic heterocycles. The van der Waals surface area contributed by atoms with Crippen LogP contribution in [-0.2, 0) is 13.2 Å². The molecule has 0 aliphatic carbocycles. The molecular formula is C15H20N2O3. The molecule has 0 aliphatic rings. The van der Waals surface area contributed by atoms with Gasteiger partial charge in [0.1, 0.15) is 6.61 Å². The van der Waals surface area contributed by atoms with Crippen LogP contribution in [0.1, 0.15) is 23.9 Å². The molecule has 0 saturated carbocycles. The minimum Gasteiger partial charge on any atom is -0.493 e. The number of methoxy groups -OCH3 is 1. The highest BCUT2D eigenvalue weighted by atomic mass is 16.5. The third-order valence-electron chi connectivity index (χ3n) is 2.88. The number of aromatic nitrogens is 1. The molecule has 2 aromatic rings. The molecule has 20 heavy (non-hydrogen) atoms. The molecule has 1 aromatic carbocycles. The van der Waals surface area contributed by atoms with Crippen molar-refractivity contribution in [2.75, 3.05) is 13.7 Å². The molecule has 2 rings (SSSR count). The van der Waals surface area contributed by atoms with Crippen molar-refractivity contribution in [1.82, 2.24) is 10.5 Å². The second kappa shape index (κ2) is 6.96. The van der Waals surface area contributed by atoms with Gasteiger partial charge in [0.05, 0.1) is 12.8 Å². The van der Waals surface area contributed by atoms with Crippen LogP contribution in [0.25, 0.3) is 0 Å². The minimum absolute atomic E-state index is 0.334. The van der Waals surface area contributed by atoms with Crippen LogP contribution in [0, 0.1) is 6.92 Å². The van der Waals surface area contributed by atoms with Crippen molar-refractivity contribution in [3.8, 4) is 11.5 Å². The number of rotatable bonds is 7. The first-order valence-electron chi connectivity index (χ1n) is 6.66. The number of nitrogens with one attached hydrogen (secondary N) is 1. The van der Waals surface area contributed by atoms with Crippen molar-refractivity contribution in [3.63, 3.8) is 0 Å². The van der Waals surface area contributed by atoms with Crippen molar-refractivity contribution in [1.29, 1.82) is 0 Å². The van der Waals surface area contributed by atoms with Gasteiger partial charge in [0.2, 0.25) is 0 Å². The highest BCUT2D eigenvalue weighted by Gasteiger charge is 2.11. The number of hydrogen-bond acceptors (Lipinski definition) is 5. The molecule has 0 bridgehead atoms. The van der Waals surface area contributed by atoms with Gasteiger partial charge in [-0.15, -0.1) is 0 Å². The molecule has 0 unspecified atom stereocenters. The zero-order chi connectivity index (χ0) is 14.4. The van der Waals surface area contributed by atoms with Gasteiger partial charge >= 0.3 is 0 Å². The van der Waals surface area contributed by atoms with Gasteiger partial charge in [-0.25, -0.2) is 0 Å². The maximum absolute atomic E-state index is 5.86. The summed E-state index contributed by atoms with van der Waals surface area (Å²) in [7, 11) is 1.64. The van der Waals surface area contributed by atoms with Crippen LogP contribution in [-0.4, -0.2) is 18.8 Å². The van der Waals surface area contributed by atoms with Crippen LogP contribution in [0.3, 0.4) is 0 Å². The Bertz CT molecular complexity index is 552. The molecule has 108 valence electrons. The average molecular weight is 276 g/mol. The second-order valence-corrected chi connectivity index (χ2v) is 4.45. The lowest BCUT2D eigenvalue weighted by atomic mass is 10.2. The van der Waals surface area contributed by atoms with E-state index in [1.54, 1.807) is 7.11 Å². The molecule has 0 spiro atoms. The first kappa shape index (κ1) is 14.4. The van der Waals surface area contributed by atoms with Crippen LogP contribution in [0.4, 0.5) is 0 Å². The standard InChI is InChI=1S/C15H20N2O3/c1-4-16-9-12-6-5-7-14(18-3)15(12)19-10-13-8-11(2)17-20-13/h5-8,16H,4,9-10H2,1-3H3. The minimum atomic E-state index is 0.334. The van der Waals surface area contributed by atoms with Crippen molar-refractivity contribution in [3.05, 3.63) is 41.3 Å². The number of nitrogens with zero attached hydrogens (tertiary/aromatic N) is 1. The Balaban J connectivity index is 2.14. The van der Waals surface area contributed by atoms with Gasteiger partial charge in [-0.05, 0) is 19.5 Å². The quantitative estimate of drug-likeness (QED) is 0.842. The Kier molecular flexibility index (Phi) is 5.01. The summed E-state index contributed by atoms with van der Waals surface area (Å²) >= 11 is 0. The zero-order valence-electron chi connectivity index (χ0n) is 12.1. The molecule has 0 amide bonds. The highest BCUT2D eigenvalue weighted by molar-refractivity contribution is 5.46. The number of aryl methyl sites for hydroxylation is 1. The smallest absolute Gasteiger partial charge is 0.174 e. The lowest BCUT2D eigenvalue weighted by Crippen LogP contribution is -2.13. The fourth-order valence-electron chi connectivity index (χ4n) is 1.91. The summed E-state index contributed by atoms with van der Waals surface area (Å²) < 4.78 is 16.4. The van der Waals surface area contributed by atoms with E-state index in [0.29, 0.717) is 12.4 Å². The number of para-hydroxylation sites is 1. The lowest BCUT2D eigenvalue weighted by Gasteiger charge is -2.14. The van der Waals surface area contributed by atoms with Gasteiger partial charge in [0, 0.05) is 18.2 Å². The first-order chi connectivity index (χ1) is 9.74. The van der Waals surface area contributed by atoms with E-state index in [9.17, 15) is 0 Å². The molecule has 5 nitrogen and oxygen atoms in total. The van der Waals surface area contributed by atoms with Gasteiger partial charge in [-0.2, -0.15) is 0 Å². The summed E-state index contributed by atoms with van der Waals surface area (Å²) in [6, 6.07) is 7.72. The Morgan fingerprint density at radius 1 is 1.35 bits per heavy atom. The van der Waals surface area contributed by atoms with Crippen LogP contribution >= 0.6 is 0 Å². The number of ether oxygens (including phenoxy) is 2. The molecular weight excluding hydrogens is 256 g/mol. The summed E-state index contributed by atoms with van der Waals surface area (Å²) in [4.78, 5) is 0. The van der Waals surface area contributed by atoms with Crippen molar-refractivity contribution < 1.29 is 14.0 Å². The highest BCUT2D eigenvalue weighted by Crippen LogP contribution is 2.31. The van der Waals surface area contributed by atoms with E-state index in [-0.39, 0.29) is 0 Å². The third-order valence-corrected chi connectivity index (χ3v) is 2.88. The van der Waals surface area contributed by atoms with Gasteiger partial charge in [0.15, 0.2) is 17.3 Å². The molecule has 0 atom stereocenters. The Hall–Kier alpha value is -2.01. The second-order valence-electron chi connectivity index (χ2n) is 4.45. The van der Waals surface area contributed by atoms with E-state index >= 15 is 0 Å². The monoisotopic (exact) mass is 276 g/mol. The van der Waals surface area contributed by atoms with Crippen molar-refractivity contribution >= 4 is 0 Å². The van der Waals surface area contributed by atoms with Gasteiger partial charge in [-0.3, -0.25) is 0 Å². The fraction of sp³-hybridized carbons (Fsp3) is 0.400. The number of hydrogen-bond donors (Lipinski definition) is 1. The molecule has 5 heteroatoms. The predicted molar refractivity (Wildman–Crippen MR) is 75.9 cm³/mol. The summed E-state index contributed by atoms with van der Waals surface area (Å²) in [5.41, 5.74) is 1.90. The average Bonchev–Trinajstić information content (AvgIpc) is 2.88. The maximum Gasteiger partial charge on any atom is 0.174 e. The summed E-state index contributed by atoms with van der Waals surface area (Å²) in [5.74, 6) is 2.16. The molecule has 1 aromatic heterocycles. The van der Waals surface area contributed by atoms with Crippen LogP contribution in [0.2, 0.25) is 0 Å². The maximum atomic E-state index is 5.86. The molecule has 1 N–H and O–H groups in total. The predicted octanol–water partition coefficient (Wildman–Crippen LogP) is 2.68. The largest absolute Gasteiger partial charge is 0.493 e. The van der Waals surface area contributed by atoms with E-state index in [1.807, 2.05) is 31.2 Å². The van der Waals surface area contributed by atoms with E-state index < -0.39 is 0 Å². The first-order valence-corrected chi connectivity index (χ1v) is 6.66. The van der Waals surface area contributed by atoms with Crippen molar-refractivity contribution in [2.45, 2.75) is 27.0 Å². The Labute approximate surface area is 118 Å². The molecule has 1 heterocycles. The number of benzene rings is 1. The van der Waals surface area contributed by atoms with E-state index in [1.165, 1.54) is 0 Å². The lowest BCUT2D eigenvalue weighted by molar-refractivity contribution is 0.236. The van der Waals surface area contributed by atoms with Gasteiger partial charge < -0.3 is 19.3 Å². The summed E-state index contributed by atoms with van der Waals surface area (Å²) in [6.07, 6.45) is 0. The van der Waals surface area contributed by atoms with E-state index in [2.05, 4.69) is 17.4 Å². The van der Waals surface area contributed by atoms with E-state index in [4.69, 9.17) is 14.0 Å². The normalized spacial score (nSPS) is 10.6. The zero-order valence-corrected chi connectivity index (χ0v) is 12.1.